The van der Waals surface area contributed by atoms with E-state index in [2.05, 4.69) is 60.3 Å². The molecule has 22 heteroatoms. The van der Waals surface area contributed by atoms with E-state index in [9.17, 15) is 50.4 Å². The van der Waals surface area contributed by atoms with E-state index in [-0.39, 0.29) is 29.8 Å². The highest BCUT2D eigenvalue weighted by Gasteiger charge is 2.35. The molecule has 0 saturated carbocycles. The lowest BCUT2D eigenvalue weighted by Crippen LogP contribution is -2.54. The number of benzene rings is 2. The first-order chi connectivity index (χ1) is 29.5. The molecule has 3 rings (SSSR count). The van der Waals surface area contributed by atoms with Crippen LogP contribution in [0.25, 0.3) is 11.1 Å². The third-order valence-corrected chi connectivity index (χ3v) is 10.6. The van der Waals surface area contributed by atoms with Gasteiger partial charge in [-0.3, -0.25) is 24.8 Å². The molecule has 62 heavy (non-hydrogen) atoms. The van der Waals surface area contributed by atoms with Gasteiger partial charge in [-0.1, -0.05) is 71.1 Å². The van der Waals surface area contributed by atoms with Crippen LogP contribution in [0.5, 0.6) is 0 Å². The number of carbonyl (C=O) groups excluding carboxylic acids is 2. The second kappa shape index (κ2) is 26.4. The predicted molar refractivity (Wildman–Crippen MR) is 237 cm³/mol. The molecule has 0 aliphatic rings. The van der Waals surface area contributed by atoms with E-state index in [4.69, 9.17) is 27.4 Å². The van der Waals surface area contributed by atoms with Crippen LogP contribution in [0.15, 0.2) is 53.5 Å². The number of amides is 2. The van der Waals surface area contributed by atoms with Crippen molar-refractivity contribution in [1.29, 1.82) is 0 Å². The molecule has 0 spiro atoms. The quantitative estimate of drug-likeness (QED) is 0.0122. The van der Waals surface area contributed by atoms with Gasteiger partial charge in [0.2, 0.25) is 5.91 Å². The zero-order valence-corrected chi connectivity index (χ0v) is 36.3. The Hall–Kier alpha value is -4.18. The van der Waals surface area contributed by atoms with Crippen LogP contribution in [0, 0.1) is 0 Å². The number of guanidine groups is 1. The van der Waals surface area contributed by atoms with Crippen LogP contribution in [-0.4, -0.2) is 178 Å². The fourth-order valence-corrected chi connectivity index (χ4v) is 6.76. The summed E-state index contributed by atoms with van der Waals surface area (Å²) < 4.78 is 0.457. The average molecular weight is 986 g/mol. The summed E-state index contributed by atoms with van der Waals surface area (Å²) in [5.74, 6) is -1.15. The van der Waals surface area contributed by atoms with Gasteiger partial charge in [-0.2, -0.15) is 0 Å². The third kappa shape index (κ3) is 16.5. The monoisotopic (exact) mass is 985 g/mol. The zero-order chi connectivity index (χ0) is 45.9. The Bertz CT molecular complexity index is 1840. The summed E-state index contributed by atoms with van der Waals surface area (Å²) in [6, 6.07) is 16.2. The number of carbonyl (C=O) groups is 2. The number of anilines is 2. The molecule has 2 aromatic carbocycles. The van der Waals surface area contributed by atoms with Crippen LogP contribution in [-0.2, 0) is 22.1 Å². The van der Waals surface area contributed by atoms with Crippen LogP contribution >= 0.6 is 22.6 Å². The number of aliphatic imine (C=N–C) groups is 1. The van der Waals surface area contributed by atoms with Crippen LogP contribution < -0.4 is 27.8 Å². The maximum absolute atomic E-state index is 12.9. The summed E-state index contributed by atoms with van der Waals surface area (Å²) in [6.45, 7) is -2.73. The van der Waals surface area contributed by atoms with Crippen molar-refractivity contribution in [2.75, 3.05) is 57.4 Å². The van der Waals surface area contributed by atoms with Gasteiger partial charge in [0.15, 0.2) is 17.5 Å². The van der Waals surface area contributed by atoms with E-state index < -0.39 is 93.5 Å². The summed E-state index contributed by atoms with van der Waals surface area (Å²) in [7, 11) is 0. The molecule has 2 amide bonds. The van der Waals surface area contributed by atoms with Gasteiger partial charge >= 0.3 is 0 Å². The highest BCUT2D eigenvalue weighted by molar-refractivity contribution is 14.1. The highest BCUT2D eigenvalue weighted by atomic mass is 127. The number of alkyl halides is 1. The molecule has 0 unspecified atom stereocenters. The van der Waals surface area contributed by atoms with Crippen molar-refractivity contribution in [3.05, 3.63) is 71.0 Å². The van der Waals surface area contributed by atoms with Gasteiger partial charge in [0.05, 0.1) is 37.7 Å². The van der Waals surface area contributed by atoms with Gasteiger partial charge in [0, 0.05) is 30.6 Å². The number of nitrogens with one attached hydrogen (secondary N) is 2. The standard InChI is InChI=1S/C40H60IN9O12/c41-16-26-37(42)48-38(43)32(47-26)39(62)49-40(44)46-14-2-1-4-22-6-10-24(11-7-22)25-12-8-23(9-13-25)5-3-15-45-31(57)19-50(17-27(53)33(58)35(60)29(55)20-51)18-28(54)34(59)36(61)30(56)21-52/h6-13,27-30,33-36,51-56,58-61H,1-5,14-21H2,(H,45,57)(H4,42,43,48)(H3,44,46,49,62)/t27-,28-,29+,30+,33+,34+,35+,36+/m0/s1. The first-order valence-corrected chi connectivity index (χ1v) is 21.4. The lowest BCUT2D eigenvalue weighted by atomic mass is 9.99. The summed E-state index contributed by atoms with van der Waals surface area (Å²) >= 11 is 2.06. The van der Waals surface area contributed by atoms with Crippen molar-refractivity contribution >= 4 is 52.0 Å². The van der Waals surface area contributed by atoms with E-state index in [1.54, 1.807) is 0 Å². The van der Waals surface area contributed by atoms with Crippen LogP contribution in [0.2, 0.25) is 0 Å². The highest BCUT2D eigenvalue weighted by Crippen LogP contribution is 2.22. The van der Waals surface area contributed by atoms with Gasteiger partial charge in [-0.15, -0.1) is 0 Å². The second-order valence-electron chi connectivity index (χ2n) is 14.7. The Labute approximate surface area is 372 Å². The first-order valence-electron chi connectivity index (χ1n) is 19.9. The molecular weight excluding hydrogens is 925 g/mol. The Morgan fingerprint density at radius 3 is 1.66 bits per heavy atom. The van der Waals surface area contributed by atoms with E-state index in [0.717, 1.165) is 46.4 Å². The van der Waals surface area contributed by atoms with Gasteiger partial charge in [0.1, 0.15) is 42.4 Å². The number of aliphatic hydroxyl groups is 10. The van der Waals surface area contributed by atoms with Crippen molar-refractivity contribution in [2.45, 2.75) is 85.4 Å². The maximum Gasteiger partial charge on any atom is 0.280 e. The Kier molecular flexibility index (Phi) is 22.3. The minimum Gasteiger partial charge on any atom is -0.394 e. The number of nitrogens with zero attached hydrogens (tertiary/aromatic N) is 4. The average Bonchev–Trinajstić information content (AvgIpc) is 3.26. The summed E-state index contributed by atoms with van der Waals surface area (Å²) in [6.07, 6.45) is -11.4. The topological polar surface area (TPSA) is 380 Å². The molecule has 0 aliphatic carbocycles. The molecule has 1 heterocycles. The molecule has 0 fully saturated rings. The Morgan fingerprint density at radius 1 is 0.694 bits per heavy atom. The van der Waals surface area contributed by atoms with E-state index in [0.29, 0.717) is 29.5 Å². The molecule has 344 valence electrons. The summed E-state index contributed by atoms with van der Waals surface area (Å²) in [5, 5.41) is 104. The van der Waals surface area contributed by atoms with Crippen molar-refractivity contribution in [3.8, 4) is 11.1 Å². The van der Waals surface area contributed by atoms with E-state index in [1.807, 2.05) is 36.4 Å². The summed E-state index contributed by atoms with van der Waals surface area (Å²) in [5.41, 5.74) is 22.1. The first kappa shape index (κ1) is 52.2. The number of nitrogens with two attached hydrogens (primary N) is 3. The SMILES string of the molecule is NC(=NCCCCc1ccc(-c2ccc(CCCNC(=O)CN(C[C@H](O)[C@@H](O)[C@H](O)[C@H](O)CO)C[C@H](O)[C@@H](O)[C@H](O)[C@H](O)CO)cc2)cc1)NC(=O)c1nc(CI)c(N)nc1N. The molecule has 21 nitrogen and oxygen atoms in total. The predicted octanol–water partition coefficient (Wildman–Crippen LogP) is -3.47. The van der Waals surface area contributed by atoms with Crippen LogP contribution in [0.4, 0.5) is 11.6 Å². The van der Waals surface area contributed by atoms with E-state index in [1.165, 1.54) is 0 Å². The fourth-order valence-electron chi connectivity index (χ4n) is 6.20. The lowest BCUT2D eigenvalue weighted by molar-refractivity contribution is -0.135. The van der Waals surface area contributed by atoms with Crippen molar-refractivity contribution < 1.29 is 60.7 Å². The normalized spacial score (nSPS) is 15.9. The van der Waals surface area contributed by atoms with Crippen molar-refractivity contribution in [1.82, 2.24) is 25.5 Å². The molecule has 8 atom stereocenters. The smallest absolute Gasteiger partial charge is 0.280 e. The Balaban J connectivity index is 1.44. The van der Waals surface area contributed by atoms with Crippen molar-refractivity contribution in [3.63, 3.8) is 0 Å². The number of aryl methyl sites for hydroxylation is 2. The maximum atomic E-state index is 12.9. The zero-order valence-electron chi connectivity index (χ0n) is 34.1. The minimum atomic E-state index is -1.97. The fraction of sp³-hybridized carbons (Fsp3) is 0.525. The molecular formula is C40H60IN9O12. The van der Waals surface area contributed by atoms with Gasteiger partial charge < -0.3 is 73.6 Å². The van der Waals surface area contributed by atoms with E-state index >= 15 is 0 Å². The lowest BCUT2D eigenvalue weighted by Gasteiger charge is -2.33. The largest absolute Gasteiger partial charge is 0.394 e. The number of nitrogen functional groups attached to an aromatic ring is 2. The minimum absolute atomic E-state index is 0.0473. The molecule has 0 radical (unpaired) electrons. The molecule has 18 N–H and O–H groups in total. The third-order valence-electron chi connectivity index (χ3n) is 9.88. The number of hydrogen-bond acceptors (Lipinski definition) is 18. The molecule has 0 aliphatic heterocycles. The summed E-state index contributed by atoms with van der Waals surface area (Å²) in [4.78, 5) is 38.9. The number of unbranched alkanes of at least 4 members (excludes halogenated alkanes) is 1. The van der Waals surface area contributed by atoms with Gasteiger partial charge in [-0.25, -0.2) is 9.97 Å². The molecule has 3 aromatic rings. The van der Waals surface area contributed by atoms with Crippen LogP contribution in [0.1, 0.15) is 46.6 Å². The van der Waals surface area contributed by atoms with Gasteiger partial charge in [-0.05, 0) is 54.4 Å². The number of aliphatic hydroxyl groups excluding tert-OH is 10. The molecule has 1 aromatic heterocycles. The second-order valence-corrected chi connectivity index (χ2v) is 15.5. The number of halogens is 1. The molecule has 0 saturated heterocycles. The van der Waals surface area contributed by atoms with Gasteiger partial charge in [0.25, 0.3) is 5.91 Å². The molecule has 0 bridgehead atoms. The van der Waals surface area contributed by atoms with Crippen molar-refractivity contribution in [2.24, 2.45) is 10.7 Å². The number of hydrogen-bond donors (Lipinski definition) is 15. The Morgan fingerprint density at radius 2 is 1.18 bits per heavy atom. The number of rotatable bonds is 26. The van der Waals surface area contributed by atoms with Crippen LogP contribution in [0.3, 0.4) is 0 Å². The number of aromatic nitrogens is 2.